The standard InChI is InChI=1S/C24H18ClFO2S/c1-2-28-24(27)18-7-3-5-16(12-18)22-8-4-6-17-13-21(29-23(17)22)11-15-9-19(25)14-20(26)10-15/h3-10,12-14H,2,11H2,1H3. The third-order valence-corrected chi connectivity index (χ3v) is 5.98. The fourth-order valence-corrected chi connectivity index (χ4v) is 4.85. The van der Waals surface area contributed by atoms with Crippen molar-refractivity contribution in [3.05, 3.63) is 93.6 Å². The van der Waals surface area contributed by atoms with Crippen LogP contribution in [0, 0.1) is 5.82 Å². The Morgan fingerprint density at radius 1 is 1.07 bits per heavy atom. The lowest BCUT2D eigenvalue weighted by molar-refractivity contribution is 0.0526. The summed E-state index contributed by atoms with van der Waals surface area (Å²) in [7, 11) is 0. The number of halogens is 2. The molecule has 0 aliphatic heterocycles. The third-order valence-electron chi connectivity index (χ3n) is 4.58. The van der Waals surface area contributed by atoms with Gasteiger partial charge >= 0.3 is 5.97 Å². The molecular weight excluding hydrogens is 407 g/mol. The lowest BCUT2D eigenvalue weighted by Gasteiger charge is -2.06. The van der Waals surface area contributed by atoms with Gasteiger partial charge in [0, 0.05) is 21.0 Å². The van der Waals surface area contributed by atoms with Gasteiger partial charge in [0.05, 0.1) is 12.2 Å². The Bertz CT molecular complexity index is 1180. The molecule has 0 N–H and O–H groups in total. The molecule has 0 aliphatic rings. The zero-order chi connectivity index (χ0) is 20.4. The van der Waals surface area contributed by atoms with Crippen LogP contribution in [0.3, 0.4) is 0 Å². The van der Waals surface area contributed by atoms with Gasteiger partial charge in [0.15, 0.2) is 0 Å². The van der Waals surface area contributed by atoms with E-state index in [1.165, 1.54) is 12.1 Å². The fraction of sp³-hybridized carbons (Fsp3) is 0.125. The van der Waals surface area contributed by atoms with E-state index in [0.717, 1.165) is 31.7 Å². The molecule has 0 fully saturated rings. The maximum atomic E-state index is 13.7. The maximum absolute atomic E-state index is 13.7. The van der Waals surface area contributed by atoms with E-state index in [4.69, 9.17) is 16.3 Å². The summed E-state index contributed by atoms with van der Waals surface area (Å²) in [6.07, 6.45) is 0.610. The number of carbonyl (C=O) groups is 1. The van der Waals surface area contributed by atoms with Crippen LogP contribution in [0.5, 0.6) is 0 Å². The number of benzene rings is 3. The van der Waals surface area contributed by atoms with Gasteiger partial charge in [0.2, 0.25) is 0 Å². The number of fused-ring (bicyclic) bond motifs is 1. The smallest absolute Gasteiger partial charge is 0.338 e. The van der Waals surface area contributed by atoms with Gasteiger partial charge in [-0.1, -0.05) is 41.9 Å². The van der Waals surface area contributed by atoms with E-state index >= 15 is 0 Å². The number of esters is 1. The Morgan fingerprint density at radius 3 is 2.69 bits per heavy atom. The fourth-order valence-electron chi connectivity index (χ4n) is 3.37. The molecule has 0 amide bonds. The van der Waals surface area contributed by atoms with Crippen LogP contribution in [0.1, 0.15) is 27.7 Å². The molecule has 0 aliphatic carbocycles. The van der Waals surface area contributed by atoms with Crippen LogP contribution in [0.4, 0.5) is 4.39 Å². The monoisotopic (exact) mass is 424 g/mol. The molecule has 0 unspecified atom stereocenters. The third kappa shape index (κ3) is 4.34. The van der Waals surface area contributed by atoms with E-state index in [1.54, 1.807) is 30.4 Å². The van der Waals surface area contributed by atoms with Crippen molar-refractivity contribution in [2.45, 2.75) is 13.3 Å². The molecule has 3 aromatic carbocycles. The predicted molar refractivity (Wildman–Crippen MR) is 117 cm³/mol. The number of carbonyl (C=O) groups excluding carboxylic acids is 1. The van der Waals surface area contributed by atoms with Gasteiger partial charge in [-0.3, -0.25) is 0 Å². The number of hydrogen-bond acceptors (Lipinski definition) is 3. The van der Waals surface area contributed by atoms with Gasteiger partial charge < -0.3 is 4.74 Å². The van der Waals surface area contributed by atoms with Crippen molar-refractivity contribution >= 4 is 39.0 Å². The van der Waals surface area contributed by atoms with Gasteiger partial charge in [0.25, 0.3) is 0 Å². The molecule has 0 spiro atoms. The number of hydrogen-bond donors (Lipinski definition) is 0. The highest BCUT2D eigenvalue weighted by atomic mass is 35.5. The van der Waals surface area contributed by atoms with E-state index in [2.05, 4.69) is 12.1 Å². The van der Waals surface area contributed by atoms with Crippen molar-refractivity contribution in [3.63, 3.8) is 0 Å². The highest BCUT2D eigenvalue weighted by Gasteiger charge is 2.12. The van der Waals surface area contributed by atoms with E-state index in [9.17, 15) is 9.18 Å². The van der Waals surface area contributed by atoms with Gasteiger partial charge in [-0.2, -0.15) is 0 Å². The summed E-state index contributed by atoms with van der Waals surface area (Å²) in [5.74, 6) is -0.651. The second-order valence-corrected chi connectivity index (χ2v) is 8.27. The van der Waals surface area contributed by atoms with Crippen molar-refractivity contribution in [1.29, 1.82) is 0 Å². The molecule has 0 saturated heterocycles. The minimum atomic E-state index is -0.329. The molecule has 29 heavy (non-hydrogen) atoms. The summed E-state index contributed by atoms with van der Waals surface area (Å²) < 4.78 is 19.9. The first-order valence-corrected chi connectivity index (χ1v) is 10.5. The molecule has 1 heterocycles. The topological polar surface area (TPSA) is 26.3 Å². The first kappa shape index (κ1) is 19.6. The molecule has 4 aromatic rings. The highest BCUT2D eigenvalue weighted by molar-refractivity contribution is 7.19. The van der Waals surface area contributed by atoms with Crippen molar-refractivity contribution in [3.8, 4) is 11.1 Å². The van der Waals surface area contributed by atoms with E-state index in [1.807, 2.05) is 30.3 Å². The summed E-state index contributed by atoms with van der Waals surface area (Å²) >= 11 is 7.66. The minimum Gasteiger partial charge on any atom is -0.462 e. The molecule has 0 atom stereocenters. The average molecular weight is 425 g/mol. The minimum absolute atomic E-state index is 0.323. The number of rotatable bonds is 5. The zero-order valence-electron chi connectivity index (χ0n) is 15.7. The maximum Gasteiger partial charge on any atom is 0.338 e. The predicted octanol–water partition coefficient (Wildman–Crippen LogP) is 7.13. The van der Waals surface area contributed by atoms with E-state index < -0.39 is 0 Å². The second-order valence-electron chi connectivity index (χ2n) is 6.69. The molecule has 1 aromatic heterocycles. The van der Waals surface area contributed by atoms with Crippen molar-refractivity contribution in [1.82, 2.24) is 0 Å². The quantitative estimate of drug-likeness (QED) is 0.318. The van der Waals surface area contributed by atoms with E-state index in [-0.39, 0.29) is 11.8 Å². The van der Waals surface area contributed by atoms with Gasteiger partial charge in [-0.25, -0.2) is 9.18 Å². The van der Waals surface area contributed by atoms with Gasteiger partial charge in [-0.15, -0.1) is 11.3 Å². The van der Waals surface area contributed by atoms with Crippen LogP contribution in [-0.2, 0) is 11.2 Å². The molecular formula is C24H18ClFO2S. The molecule has 2 nitrogen and oxygen atoms in total. The Morgan fingerprint density at radius 2 is 1.90 bits per heavy atom. The number of ether oxygens (including phenoxy) is 1. The lowest BCUT2D eigenvalue weighted by Crippen LogP contribution is -2.04. The van der Waals surface area contributed by atoms with Crippen molar-refractivity contribution in [2.24, 2.45) is 0 Å². The van der Waals surface area contributed by atoms with Gasteiger partial charge in [0.1, 0.15) is 5.82 Å². The highest BCUT2D eigenvalue weighted by Crippen LogP contribution is 2.36. The Balaban J connectivity index is 1.72. The summed E-state index contributed by atoms with van der Waals surface area (Å²) in [5, 5.41) is 1.52. The van der Waals surface area contributed by atoms with Crippen LogP contribution in [0.15, 0.2) is 66.7 Å². The van der Waals surface area contributed by atoms with Crippen LogP contribution >= 0.6 is 22.9 Å². The van der Waals surface area contributed by atoms with Crippen LogP contribution < -0.4 is 0 Å². The molecule has 0 radical (unpaired) electrons. The molecule has 5 heteroatoms. The van der Waals surface area contributed by atoms with Crippen molar-refractivity contribution in [2.75, 3.05) is 6.61 Å². The van der Waals surface area contributed by atoms with Crippen LogP contribution in [-0.4, -0.2) is 12.6 Å². The summed E-state index contributed by atoms with van der Waals surface area (Å²) in [6.45, 7) is 2.14. The Labute approximate surface area is 177 Å². The molecule has 4 rings (SSSR count). The number of thiophene rings is 1. The first-order chi connectivity index (χ1) is 14.0. The molecule has 0 saturated carbocycles. The van der Waals surface area contributed by atoms with Crippen LogP contribution in [0.2, 0.25) is 5.02 Å². The lowest BCUT2D eigenvalue weighted by atomic mass is 10.0. The van der Waals surface area contributed by atoms with Crippen LogP contribution in [0.25, 0.3) is 21.2 Å². The largest absolute Gasteiger partial charge is 0.462 e. The summed E-state index contributed by atoms with van der Waals surface area (Å²) in [6, 6.07) is 20.3. The Kier molecular flexibility index (Phi) is 5.65. The Hall–Kier alpha value is -2.69. The normalized spacial score (nSPS) is 11.0. The van der Waals surface area contributed by atoms with Crippen molar-refractivity contribution < 1.29 is 13.9 Å². The summed E-state index contributed by atoms with van der Waals surface area (Å²) in [5.41, 5.74) is 3.39. The second kappa shape index (κ2) is 8.36. The summed E-state index contributed by atoms with van der Waals surface area (Å²) in [4.78, 5) is 13.2. The SMILES string of the molecule is CCOC(=O)c1cccc(-c2cccc3cc(Cc4cc(F)cc(Cl)c4)sc23)c1. The molecule has 0 bridgehead atoms. The van der Waals surface area contributed by atoms with Gasteiger partial charge in [-0.05, 0) is 65.4 Å². The van der Waals surface area contributed by atoms with E-state index in [0.29, 0.717) is 23.6 Å². The first-order valence-electron chi connectivity index (χ1n) is 9.27. The average Bonchev–Trinajstić information content (AvgIpc) is 3.09. The molecule has 146 valence electrons. The zero-order valence-corrected chi connectivity index (χ0v) is 17.3.